The number of hydrogen-bond acceptors (Lipinski definition) is 7. The van der Waals surface area contributed by atoms with Crippen LogP contribution in [0.5, 0.6) is 0 Å². The normalized spacial score (nSPS) is 17.2. The molecule has 0 radical (unpaired) electrons. The Bertz CT molecular complexity index is 2140. The number of amides is 2. The number of sulfonamides is 1. The number of aliphatic carboxylic acids is 1. The van der Waals surface area contributed by atoms with E-state index >= 15 is 0 Å². The monoisotopic (exact) mass is 766 g/mol. The molecule has 0 spiro atoms. The zero-order chi connectivity index (χ0) is 39.1. The van der Waals surface area contributed by atoms with E-state index in [2.05, 4.69) is 15.5 Å². The number of carboxylic acid groups (broad SMARTS) is 2. The number of aromatic carboxylic acids is 1. The van der Waals surface area contributed by atoms with Gasteiger partial charge in [-0.1, -0.05) is 37.3 Å². The van der Waals surface area contributed by atoms with Crippen LogP contribution in [0, 0.1) is 5.92 Å². The number of nitrogens with one attached hydrogen (secondary N) is 2. The van der Waals surface area contributed by atoms with Crippen LogP contribution in [0.4, 0.5) is 17.1 Å². The lowest BCUT2D eigenvalue weighted by molar-refractivity contribution is -0.143. The third-order valence-electron chi connectivity index (χ3n) is 10.5. The highest BCUT2D eigenvalue weighted by Crippen LogP contribution is 2.32. The lowest BCUT2D eigenvalue weighted by Crippen LogP contribution is -2.42. The molecule has 1 saturated heterocycles. The third-order valence-corrected chi connectivity index (χ3v) is 12.6. The van der Waals surface area contributed by atoms with Gasteiger partial charge in [0.2, 0.25) is 10.0 Å². The number of benzene rings is 4. The highest BCUT2D eigenvalue weighted by atomic mass is 32.2. The number of carbonyl (C=O) groups is 4. The van der Waals surface area contributed by atoms with Crippen LogP contribution in [0.3, 0.4) is 0 Å². The molecule has 2 fully saturated rings. The zero-order valence-corrected chi connectivity index (χ0v) is 31.6. The smallest absolute Gasteiger partial charge is 0.335 e. The fraction of sp³-hybridized carbons (Fsp3) is 0.333. The standard InChI is InChI=1S/C42H46N4O8S/c1-2-46(34-20-16-31(17-21-34)42(51)52)55(53,54)36-7-5-6-32(26-36)39(47)44-38-23-22-35(45-24-3-4-25-45)27-37(38)40(48)43-33-18-12-29(13-19-33)9-8-28-10-14-30(15-11-28)41(49)50/h5-7,10-15,18-19,22-23,26-27,31,34H,2-4,8-9,16-17,20-21,24-25H2,1H3,(H,43,48)(H,44,47)(H,49,50)(H,51,52)/t31-,34-. The predicted octanol–water partition coefficient (Wildman–Crippen LogP) is 6.93. The molecule has 1 aliphatic heterocycles. The molecule has 4 N–H and O–H groups in total. The van der Waals surface area contributed by atoms with Gasteiger partial charge in [-0.2, -0.15) is 4.31 Å². The number of carboxylic acids is 2. The second-order valence-corrected chi connectivity index (χ2v) is 16.0. The fourth-order valence-electron chi connectivity index (χ4n) is 7.42. The fourth-order valence-corrected chi connectivity index (χ4v) is 9.16. The summed E-state index contributed by atoms with van der Waals surface area (Å²) in [5.41, 5.74) is 4.36. The zero-order valence-electron chi connectivity index (χ0n) is 30.7. The van der Waals surface area contributed by atoms with Crippen molar-refractivity contribution < 1.29 is 37.8 Å². The van der Waals surface area contributed by atoms with E-state index in [-0.39, 0.29) is 39.9 Å². The van der Waals surface area contributed by atoms with Crippen LogP contribution in [0.15, 0.2) is 95.9 Å². The number of aryl methyl sites for hydroxylation is 2. The molecular weight excluding hydrogens is 721 g/mol. The molecule has 2 amide bonds. The Morgan fingerprint density at radius 3 is 1.98 bits per heavy atom. The number of rotatable bonds is 14. The summed E-state index contributed by atoms with van der Waals surface area (Å²) in [5.74, 6) is -3.30. The molecule has 4 aromatic carbocycles. The number of nitrogens with zero attached hydrogens (tertiary/aromatic N) is 2. The van der Waals surface area contributed by atoms with E-state index in [1.54, 1.807) is 31.2 Å². The average Bonchev–Trinajstić information content (AvgIpc) is 3.74. The summed E-state index contributed by atoms with van der Waals surface area (Å²) in [6, 6.07) is 25.1. The first-order valence-electron chi connectivity index (χ1n) is 18.7. The molecule has 0 atom stereocenters. The molecule has 0 bridgehead atoms. The Kier molecular flexibility index (Phi) is 12.3. The predicted molar refractivity (Wildman–Crippen MR) is 210 cm³/mol. The van der Waals surface area contributed by atoms with Gasteiger partial charge in [0, 0.05) is 42.6 Å². The molecule has 0 unspecified atom stereocenters. The molecule has 288 valence electrons. The van der Waals surface area contributed by atoms with Crippen LogP contribution in [-0.2, 0) is 27.7 Å². The van der Waals surface area contributed by atoms with Gasteiger partial charge in [0.15, 0.2) is 0 Å². The van der Waals surface area contributed by atoms with Gasteiger partial charge in [-0.05, 0) is 123 Å². The molecule has 6 rings (SSSR count). The van der Waals surface area contributed by atoms with Crippen molar-refractivity contribution in [2.45, 2.75) is 69.2 Å². The highest BCUT2D eigenvalue weighted by Gasteiger charge is 2.35. The first-order chi connectivity index (χ1) is 26.4. The van der Waals surface area contributed by atoms with Crippen molar-refractivity contribution in [3.63, 3.8) is 0 Å². The molecule has 4 aromatic rings. The van der Waals surface area contributed by atoms with E-state index < -0.39 is 39.7 Å². The Morgan fingerprint density at radius 2 is 1.38 bits per heavy atom. The quantitative estimate of drug-likeness (QED) is 0.106. The van der Waals surface area contributed by atoms with E-state index in [1.165, 1.54) is 28.6 Å². The van der Waals surface area contributed by atoms with Crippen LogP contribution in [0.1, 0.15) is 87.6 Å². The molecule has 1 heterocycles. The second kappa shape index (κ2) is 17.3. The minimum atomic E-state index is -4.00. The SMILES string of the molecule is CCN([C@H]1CC[C@H](C(=O)O)CC1)S(=O)(=O)c1cccc(C(=O)Nc2ccc(N3CCCC3)cc2C(=O)Nc2ccc(CCc3ccc(C(=O)O)cc3)cc2)c1. The molecule has 1 saturated carbocycles. The van der Waals surface area contributed by atoms with Crippen LogP contribution in [0.25, 0.3) is 0 Å². The van der Waals surface area contributed by atoms with Crippen LogP contribution in [-0.4, -0.2) is 72.4 Å². The summed E-state index contributed by atoms with van der Waals surface area (Å²) in [6.07, 6.45) is 5.22. The van der Waals surface area contributed by atoms with Crippen LogP contribution >= 0.6 is 0 Å². The maximum Gasteiger partial charge on any atom is 0.335 e. The van der Waals surface area contributed by atoms with Gasteiger partial charge in [-0.15, -0.1) is 0 Å². The summed E-state index contributed by atoms with van der Waals surface area (Å²) < 4.78 is 29.1. The molecular formula is C42H46N4O8S. The largest absolute Gasteiger partial charge is 0.481 e. The van der Waals surface area contributed by atoms with Crippen molar-refractivity contribution in [3.05, 3.63) is 119 Å². The lowest BCUT2D eigenvalue weighted by atomic mass is 9.86. The topological polar surface area (TPSA) is 173 Å². The van der Waals surface area contributed by atoms with Gasteiger partial charge in [0.25, 0.3) is 11.8 Å². The molecule has 55 heavy (non-hydrogen) atoms. The van der Waals surface area contributed by atoms with E-state index in [9.17, 15) is 32.7 Å². The summed E-state index contributed by atoms with van der Waals surface area (Å²) in [7, 11) is -4.00. The van der Waals surface area contributed by atoms with Gasteiger partial charge < -0.3 is 25.7 Å². The van der Waals surface area contributed by atoms with Crippen LogP contribution < -0.4 is 15.5 Å². The van der Waals surface area contributed by atoms with Crippen molar-refractivity contribution in [1.82, 2.24) is 4.31 Å². The second-order valence-electron chi connectivity index (χ2n) is 14.1. The van der Waals surface area contributed by atoms with Gasteiger partial charge in [0.1, 0.15) is 0 Å². The van der Waals surface area contributed by atoms with Gasteiger partial charge >= 0.3 is 11.9 Å². The van der Waals surface area contributed by atoms with Gasteiger partial charge in [-0.25, -0.2) is 13.2 Å². The van der Waals surface area contributed by atoms with Gasteiger partial charge in [0.05, 0.1) is 27.6 Å². The van der Waals surface area contributed by atoms with Crippen molar-refractivity contribution in [2.75, 3.05) is 35.2 Å². The molecule has 0 aromatic heterocycles. The summed E-state index contributed by atoms with van der Waals surface area (Å²) in [6.45, 7) is 3.66. The van der Waals surface area contributed by atoms with E-state index in [0.717, 1.165) is 55.6 Å². The number of hydrogen-bond donors (Lipinski definition) is 4. The van der Waals surface area contributed by atoms with E-state index in [1.807, 2.05) is 42.5 Å². The molecule has 2 aliphatic rings. The summed E-state index contributed by atoms with van der Waals surface area (Å²) in [5, 5.41) is 24.3. The molecule has 1 aliphatic carbocycles. The van der Waals surface area contributed by atoms with Crippen LogP contribution in [0.2, 0.25) is 0 Å². The Morgan fingerprint density at radius 1 is 0.745 bits per heavy atom. The summed E-state index contributed by atoms with van der Waals surface area (Å²) in [4.78, 5) is 52.3. The first-order valence-corrected chi connectivity index (χ1v) is 20.1. The Balaban J connectivity index is 1.16. The number of anilines is 3. The maximum absolute atomic E-state index is 13.9. The molecule has 13 heteroatoms. The third kappa shape index (κ3) is 9.41. The van der Waals surface area contributed by atoms with Crippen molar-refractivity contribution in [3.8, 4) is 0 Å². The highest BCUT2D eigenvalue weighted by molar-refractivity contribution is 7.89. The minimum absolute atomic E-state index is 0.0377. The lowest BCUT2D eigenvalue weighted by Gasteiger charge is -2.34. The number of carbonyl (C=O) groups excluding carboxylic acids is 2. The minimum Gasteiger partial charge on any atom is -0.481 e. The Labute approximate surface area is 321 Å². The first kappa shape index (κ1) is 39.2. The van der Waals surface area contributed by atoms with Crippen molar-refractivity contribution in [1.29, 1.82) is 0 Å². The maximum atomic E-state index is 13.9. The summed E-state index contributed by atoms with van der Waals surface area (Å²) >= 11 is 0. The van der Waals surface area contributed by atoms with Gasteiger partial charge in [-0.3, -0.25) is 14.4 Å². The van der Waals surface area contributed by atoms with E-state index in [4.69, 9.17) is 5.11 Å². The van der Waals surface area contributed by atoms with Crippen molar-refractivity contribution >= 4 is 50.8 Å². The average molecular weight is 767 g/mol. The van der Waals surface area contributed by atoms with E-state index in [0.29, 0.717) is 31.4 Å². The van der Waals surface area contributed by atoms with Crippen molar-refractivity contribution in [2.24, 2.45) is 5.92 Å². The molecule has 12 nitrogen and oxygen atoms in total. The Hall–Kier alpha value is -5.53.